The summed E-state index contributed by atoms with van der Waals surface area (Å²) in [7, 11) is 0. The van der Waals surface area contributed by atoms with Crippen LogP contribution in [0.4, 0.5) is 14.6 Å². The molecule has 0 spiro atoms. The van der Waals surface area contributed by atoms with Gasteiger partial charge in [-0.15, -0.1) is 11.8 Å². The van der Waals surface area contributed by atoms with Crippen LogP contribution >= 0.6 is 35.0 Å². The van der Waals surface area contributed by atoms with Gasteiger partial charge in [-0.25, -0.2) is 13.6 Å². The van der Waals surface area contributed by atoms with Crippen LogP contribution in [0.2, 0.25) is 10.0 Å². The number of thioether (sulfide) groups is 1. The number of piperazine rings is 1. The summed E-state index contributed by atoms with van der Waals surface area (Å²) < 4.78 is 28.6. The zero-order valence-electron chi connectivity index (χ0n) is 19.6. The fraction of sp³-hybridized carbons (Fsp3) is 0.320. The van der Waals surface area contributed by atoms with Gasteiger partial charge in [-0.1, -0.05) is 29.3 Å². The van der Waals surface area contributed by atoms with Crippen molar-refractivity contribution in [2.45, 2.75) is 30.8 Å². The lowest BCUT2D eigenvalue weighted by Crippen LogP contribution is -2.54. The minimum atomic E-state index is -2.20. The number of aryl methyl sites for hydroxylation is 1. The monoisotopic (exact) mass is 566 g/mol. The van der Waals surface area contributed by atoms with Gasteiger partial charge in [-0.05, 0) is 36.8 Å². The van der Waals surface area contributed by atoms with Crippen LogP contribution in [0.15, 0.2) is 46.1 Å². The van der Waals surface area contributed by atoms with E-state index in [9.17, 15) is 18.4 Å². The van der Waals surface area contributed by atoms with Gasteiger partial charge in [0.15, 0.2) is 0 Å². The predicted molar refractivity (Wildman–Crippen MR) is 142 cm³/mol. The number of benzene rings is 2. The average molecular weight is 567 g/mol. The number of nitrogens with zero attached hydrogens (tertiary/aromatic N) is 4. The van der Waals surface area contributed by atoms with Gasteiger partial charge in [0.05, 0.1) is 15.6 Å². The molecule has 0 bridgehead atoms. The van der Waals surface area contributed by atoms with Gasteiger partial charge in [-0.3, -0.25) is 9.36 Å². The fourth-order valence-corrected chi connectivity index (χ4v) is 6.52. The van der Waals surface area contributed by atoms with Crippen LogP contribution in [0, 0.1) is 5.82 Å². The molecule has 1 fully saturated rings. The Hall–Kier alpha value is -2.66. The molecule has 2 aliphatic heterocycles. The number of anilines is 1. The number of halogens is 4. The molecule has 37 heavy (non-hydrogen) atoms. The van der Waals surface area contributed by atoms with Crippen LogP contribution in [0.5, 0.6) is 0 Å². The zero-order valence-corrected chi connectivity index (χ0v) is 22.0. The van der Waals surface area contributed by atoms with Crippen molar-refractivity contribution in [1.82, 2.24) is 14.5 Å². The molecule has 2 aliphatic rings. The first-order valence-corrected chi connectivity index (χ1v) is 13.3. The lowest BCUT2D eigenvalue weighted by molar-refractivity contribution is -0.126. The molecule has 0 radical (unpaired) electrons. The van der Waals surface area contributed by atoms with E-state index < -0.39 is 23.8 Å². The second-order valence-electron chi connectivity index (χ2n) is 8.86. The third-order valence-corrected chi connectivity index (χ3v) is 8.21. The Bertz CT molecular complexity index is 1500. The highest BCUT2D eigenvalue weighted by Gasteiger charge is 2.31. The summed E-state index contributed by atoms with van der Waals surface area (Å²) in [4.78, 5) is 34.2. The second kappa shape index (κ2) is 10.2. The minimum Gasteiger partial charge on any atom is -0.361 e. The maximum atomic E-state index is 14.3. The lowest BCUT2D eigenvalue weighted by atomic mass is 10.0. The van der Waals surface area contributed by atoms with Crippen LogP contribution < -0.4 is 10.6 Å². The van der Waals surface area contributed by atoms with Crippen LogP contribution in [0.3, 0.4) is 0 Å². The molecule has 3 heterocycles. The van der Waals surface area contributed by atoms with Gasteiger partial charge in [0.1, 0.15) is 11.6 Å². The smallest absolute Gasteiger partial charge is 0.350 e. The van der Waals surface area contributed by atoms with Crippen molar-refractivity contribution in [3.63, 3.8) is 0 Å². The van der Waals surface area contributed by atoms with Crippen molar-refractivity contribution in [3.8, 4) is 11.1 Å². The Labute approximate surface area is 225 Å². The number of alkyl halides is 1. The Morgan fingerprint density at radius 1 is 1.24 bits per heavy atom. The van der Waals surface area contributed by atoms with Crippen molar-refractivity contribution in [3.05, 3.63) is 62.8 Å². The van der Waals surface area contributed by atoms with E-state index in [4.69, 9.17) is 28.3 Å². The van der Waals surface area contributed by atoms with Crippen LogP contribution in [-0.4, -0.2) is 63.3 Å². The molecule has 0 saturated carbocycles. The average Bonchev–Trinajstić information content (AvgIpc) is 2.86. The van der Waals surface area contributed by atoms with E-state index in [0.29, 0.717) is 64.8 Å². The first kappa shape index (κ1) is 26.0. The topological polar surface area (TPSA) is 78.7 Å². The third-order valence-electron chi connectivity index (χ3n) is 6.53. The van der Waals surface area contributed by atoms with E-state index in [0.717, 1.165) is 17.0 Å². The number of carbonyl (C=O) groups excluding carboxylic acids is 1. The van der Waals surface area contributed by atoms with E-state index in [-0.39, 0.29) is 11.1 Å². The molecule has 0 aliphatic carbocycles. The highest BCUT2D eigenvalue weighted by atomic mass is 35.5. The fourth-order valence-electron chi connectivity index (χ4n) is 4.83. The lowest BCUT2D eigenvalue weighted by Gasteiger charge is -2.41. The molecule has 2 atom stereocenters. The Morgan fingerprint density at radius 3 is 2.73 bits per heavy atom. The number of rotatable bonds is 4. The predicted octanol–water partition coefficient (Wildman–Crippen LogP) is 4.50. The molecule has 1 N–H and O–H groups in total. The van der Waals surface area contributed by atoms with E-state index in [1.54, 1.807) is 33.4 Å². The summed E-state index contributed by atoms with van der Waals surface area (Å²) in [6.07, 6.45) is -0.398. The van der Waals surface area contributed by atoms with Gasteiger partial charge >= 0.3 is 5.69 Å². The summed E-state index contributed by atoms with van der Waals surface area (Å²) in [6.45, 7) is 3.39. The molecule has 12 heteroatoms. The summed E-state index contributed by atoms with van der Waals surface area (Å²) in [5, 5.41) is 9.86. The third kappa shape index (κ3) is 4.83. The number of aliphatic hydroxyl groups is 1. The van der Waals surface area contributed by atoms with E-state index in [2.05, 4.69) is 4.98 Å². The molecule has 1 aromatic heterocycles. The molecular formula is C25H22Cl2F2N4O3S. The van der Waals surface area contributed by atoms with Crippen LogP contribution in [0.25, 0.3) is 22.0 Å². The normalized spacial score (nSPS) is 18.6. The van der Waals surface area contributed by atoms with Crippen molar-refractivity contribution in [1.29, 1.82) is 0 Å². The molecule has 1 unspecified atom stereocenters. The number of aliphatic hydroxyl groups excluding tert-OH is 1. The Morgan fingerprint density at radius 2 is 2.03 bits per heavy atom. The molecular weight excluding hydrogens is 545 g/mol. The summed E-state index contributed by atoms with van der Waals surface area (Å²) in [5.74, 6) is 0.121. The number of amides is 1. The number of aromatic nitrogens is 2. The standard InChI is InChI=1S/C25H22Cl2F2N4O3S/c1-13-12-31(20(35)5-4-19(29)34)6-7-32(13)24-15-11-17(27)21(14-2-3-16(26)18(28)10-14)23-22(15)33(8-9-37-23)25(36)30-24/h2-5,10-11,13,19,34H,6-9,12H2,1H3/b5-4+/t13-,19?/m0/s1. The number of hydrogen-bond acceptors (Lipinski definition) is 6. The summed E-state index contributed by atoms with van der Waals surface area (Å²) >= 11 is 14.2. The van der Waals surface area contributed by atoms with E-state index in [1.807, 2.05) is 11.8 Å². The highest BCUT2D eigenvalue weighted by Crippen LogP contribution is 2.46. The largest absolute Gasteiger partial charge is 0.361 e. The molecule has 1 amide bonds. The molecule has 2 aromatic carbocycles. The number of hydrogen-bond donors (Lipinski definition) is 1. The van der Waals surface area contributed by atoms with Crippen LogP contribution in [-0.2, 0) is 11.3 Å². The Kier molecular flexibility index (Phi) is 7.19. The SMILES string of the molecule is C[C@H]1CN(C(=O)/C=C/C(O)F)CCN1c1nc(=O)n2c3c(c(-c4ccc(Cl)c(F)c4)c(Cl)cc13)SCC2. The maximum Gasteiger partial charge on any atom is 0.350 e. The summed E-state index contributed by atoms with van der Waals surface area (Å²) in [5.41, 5.74) is 1.48. The first-order valence-electron chi connectivity index (χ1n) is 11.6. The first-order chi connectivity index (χ1) is 17.7. The van der Waals surface area contributed by atoms with Crippen LogP contribution in [0.1, 0.15) is 6.92 Å². The van der Waals surface area contributed by atoms with E-state index >= 15 is 0 Å². The zero-order chi connectivity index (χ0) is 26.4. The van der Waals surface area contributed by atoms with Crippen molar-refractivity contribution < 1.29 is 18.7 Å². The highest BCUT2D eigenvalue weighted by molar-refractivity contribution is 7.99. The molecule has 7 nitrogen and oxygen atoms in total. The quantitative estimate of drug-likeness (QED) is 0.468. The molecule has 194 valence electrons. The second-order valence-corrected chi connectivity index (χ2v) is 10.8. The van der Waals surface area contributed by atoms with Gasteiger partial charge in [0, 0.05) is 59.9 Å². The minimum absolute atomic E-state index is 0.00771. The van der Waals surface area contributed by atoms with Crippen molar-refractivity contribution in [2.75, 3.05) is 30.3 Å². The number of carbonyl (C=O) groups is 1. The van der Waals surface area contributed by atoms with Gasteiger partial charge in [0.2, 0.25) is 12.3 Å². The van der Waals surface area contributed by atoms with Crippen molar-refractivity contribution >= 4 is 57.6 Å². The van der Waals surface area contributed by atoms with Gasteiger partial charge in [-0.2, -0.15) is 4.98 Å². The van der Waals surface area contributed by atoms with Crippen molar-refractivity contribution in [2.24, 2.45) is 0 Å². The van der Waals surface area contributed by atoms with Gasteiger partial charge in [0.25, 0.3) is 0 Å². The molecule has 1 saturated heterocycles. The van der Waals surface area contributed by atoms with E-state index in [1.165, 1.54) is 12.1 Å². The summed E-state index contributed by atoms with van der Waals surface area (Å²) in [6, 6.07) is 6.05. The maximum absolute atomic E-state index is 14.3. The Balaban J connectivity index is 1.59. The van der Waals surface area contributed by atoms with Gasteiger partial charge < -0.3 is 14.9 Å². The molecule has 5 rings (SSSR count). The molecule has 3 aromatic rings.